The van der Waals surface area contributed by atoms with E-state index in [0.29, 0.717) is 44.4 Å². The Hall–Kier alpha value is -2.26. The van der Waals surface area contributed by atoms with Crippen LogP contribution in [-0.4, -0.2) is 34.9 Å². The Bertz CT molecular complexity index is 939. The van der Waals surface area contributed by atoms with Gasteiger partial charge in [-0.25, -0.2) is 0 Å². The van der Waals surface area contributed by atoms with Crippen LogP contribution in [0.2, 0.25) is 0 Å². The summed E-state index contributed by atoms with van der Waals surface area (Å²) >= 11 is 3.68. The first-order chi connectivity index (χ1) is 13.3. The van der Waals surface area contributed by atoms with E-state index < -0.39 is 5.76 Å². The van der Waals surface area contributed by atoms with E-state index in [1.165, 1.54) is 12.1 Å². The van der Waals surface area contributed by atoms with Gasteiger partial charge in [0.15, 0.2) is 0 Å². The van der Waals surface area contributed by atoms with Gasteiger partial charge in [0.25, 0.3) is 17.6 Å². The number of nitrogens with zero attached hydrogens (tertiary/aromatic N) is 1. The van der Waals surface area contributed by atoms with Crippen molar-refractivity contribution in [3.8, 4) is 0 Å². The van der Waals surface area contributed by atoms with Gasteiger partial charge in [-0.1, -0.05) is 33.8 Å². The molecule has 0 aromatic heterocycles. The lowest BCUT2D eigenvalue weighted by molar-refractivity contribution is -0.116. The summed E-state index contributed by atoms with van der Waals surface area (Å²) in [5.41, 5.74) is 1.12. The molecule has 28 heavy (non-hydrogen) atoms. The fourth-order valence-corrected chi connectivity index (χ4v) is 3.76. The molecule has 1 heterocycles. The van der Waals surface area contributed by atoms with Crippen LogP contribution in [0.1, 0.15) is 33.6 Å². The van der Waals surface area contributed by atoms with Gasteiger partial charge in [-0.3, -0.25) is 19.3 Å². The minimum absolute atomic E-state index is 0.0866. The van der Waals surface area contributed by atoms with Crippen LogP contribution in [0.3, 0.4) is 0 Å². The number of benzene rings is 2. The molecule has 0 bridgehead atoms. The molecule has 0 unspecified atom stereocenters. The van der Waals surface area contributed by atoms with E-state index in [-0.39, 0.29) is 30.7 Å². The maximum absolute atomic E-state index is 12.4. The molecule has 0 fully saturated rings. The zero-order valence-electron chi connectivity index (χ0n) is 14.5. The van der Waals surface area contributed by atoms with Gasteiger partial charge in [-0.05, 0) is 42.8 Å². The summed E-state index contributed by atoms with van der Waals surface area (Å²) < 4.78 is 25.6. The Labute approximate surface area is 172 Å². The SMILES string of the molecule is O=C(CCCN1C(=O)c2ccc(Br)cc2C1=O)Nc1cccc(SC(F)F)c1. The number of rotatable bonds is 7. The molecule has 5 nitrogen and oxygen atoms in total. The lowest BCUT2D eigenvalue weighted by atomic mass is 10.1. The third-order valence-corrected chi connectivity index (χ3v) is 5.26. The number of imide groups is 1. The fraction of sp³-hybridized carbons (Fsp3) is 0.211. The highest BCUT2D eigenvalue weighted by Gasteiger charge is 2.35. The van der Waals surface area contributed by atoms with Crippen molar-refractivity contribution in [3.05, 3.63) is 58.1 Å². The number of thioether (sulfide) groups is 1. The number of hydrogen-bond acceptors (Lipinski definition) is 4. The monoisotopic (exact) mass is 468 g/mol. The molecule has 0 aliphatic carbocycles. The van der Waals surface area contributed by atoms with Crippen molar-refractivity contribution in [1.82, 2.24) is 4.90 Å². The van der Waals surface area contributed by atoms with Gasteiger partial charge in [0.1, 0.15) is 0 Å². The first-order valence-electron chi connectivity index (χ1n) is 8.35. The highest BCUT2D eigenvalue weighted by Crippen LogP contribution is 2.28. The van der Waals surface area contributed by atoms with Crippen LogP contribution >= 0.6 is 27.7 Å². The average molecular weight is 469 g/mol. The molecule has 0 saturated heterocycles. The van der Waals surface area contributed by atoms with Crippen LogP contribution in [0, 0.1) is 0 Å². The van der Waals surface area contributed by atoms with Crippen LogP contribution in [0.25, 0.3) is 0 Å². The maximum Gasteiger partial charge on any atom is 0.288 e. The highest BCUT2D eigenvalue weighted by atomic mass is 79.9. The van der Waals surface area contributed by atoms with Crippen molar-refractivity contribution in [3.63, 3.8) is 0 Å². The molecular weight excluding hydrogens is 454 g/mol. The number of hydrogen-bond donors (Lipinski definition) is 1. The van der Waals surface area contributed by atoms with Crippen LogP contribution in [0.15, 0.2) is 51.8 Å². The molecule has 3 amide bonds. The van der Waals surface area contributed by atoms with E-state index in [1.54, 1.807) is 30.3 Å². The van der Waals surface area contributed by atoms with Gasteiger partial charge in [0.05, 0.1) is 11.1 Å². The molecule has 9 heteroatoms. The minimum atomic E-state index is -2.54. The Kier molecular flexibility index (Phi) is 6.46. The number of amides is 3. The molecule has 3 rings (SSSR count). The zero-order valence-corrected chi connectivity index (χ0v) is 16.9. The van der Waals surface area contributed by atoms with Crippen molar-refractivity contribution in [1.29, 1.82) is 0 Å². The molecule has 1 N–H and O–H groups in total. The summed E-state index contributed by atoms with van der Waals surface area (Å²) in [6, 6.07) is 11.1. The van der Waals surface area contributed by atoms with Gasteiger partial charge in [-0.2, -0.15) is 8.78 Å². The van der Waals surface area contributed by atoms with Crippen molar-refractivity contribution in [2.75, 3.05) is 11.9 Å². The van der Waals surface area contributed by atoms with Crippen LogP contribution in [-0.2, 0) is 4.79 Å². The smallest absolute Gasteiger partial charge is 0.288 e. The van der Waals surface area contributed by atoms with Crippen LogP contribution in [0.5, 0.6) is 0 Å². The summed E-state index contributed by atoms with van der Waals surface area (Å²) in [4.78, 5) is 38.3. The normalized spacial score (nSPS) is 13.2. The number of halogens is 3. The minimum Gasteiger partial charge on any atom is -0.326 e. The number of alkyl halides is 2. The quantitative estimate of drug-likeness (QED) is 0.469. The van der Waals surface area contributed by atoms with E-state index in [9.17, 15) is 23.2 Å². The lowest BCUT2D eigenvalue weighted by Crippen LogP contribution is -2.31. The van der Waals surface area contributed by atoms with Gasteiger partial charge < -0.3 is 5.32 Å². The second-order valence-electron chi connectivity index (χ2n) is 6.01. The summed E-state index contributed by atoms with van der Waals surface area (Å²) in [5, 5.41) is 2.64. The predicted octanol–water partition coefficient (Wildman–Crippen LogP) is 4.78. The second-order valence-corrected chi connectivity index (χ2v) is 7.99. The number of carbonyl (C=O) groups is 3. The molecule has 1 aliphatic rings. The molecule has 0 saturated carbocycles. The van der Waals surface area contributed by atoms with Crippen LogP contribution < -0.4 is 5.32 Å². The molecule has 2 aromatic carbocycles. The van der Waals surface area contributed by atoms with Crippen molar-refractivity contribution < 1.29 is 23.2 Å². The van der Waals surface area contributed by atoms with Gasteiger partial charge >= 0.3 is 0 Å². The summed E-state index contributed by atoms with van der Waals surface area (Å²) in [6.07, 6.45) is 0.382. The summed E-state index contributed by atoms with van der Waals surface area (Å²) in [5.74, 6) is -3.60. The molecule has 146 valence electrons. The number of carbonyl (C=O) groups excluding carboxylic acids is 3. The van der Waals surface area contributed by atoms with Crippen molar-refractivity contribution in [2.24, 2.45) is 0 Å². The maximum atomic E-state index is 12.4. The highest BCUT2D eigenvalue weighted by molar-refractivity contribution is 9.10. The van der Waals surface area contributed by atoms with Gasteiger partial charge in [0.2, 0.25) is 5.91 Å². The molecule has 0 spiro atoms. The largest absolute Gasteiger partial charge is 0.326 e. The molecule has 2 aromatic rings. The molecule has 1 aliphatic heterocycles. The van der Waals surface area contributed by atoms with Crippen molar-refractivity contribution in [2.45, 2.75) is 23.5 Å². The summed E-state index contributed by atoms with van der Waals surface area (Å²) in [6.45, 7) is 0.124. The summed E-state index contributed by atoms with van der Waals surface area (Å²) in [7, 11) is 0. The van der Waals surface area contributed by atoms with Crippen molar-refractivity contribution >= 4 is 51.1 Å². The zero-order chi connectivity index (χ0) is 20.3. The van der Waals surface area contributed by atoms with E-state index in [4.69, 9.17) is 0 Å². The van der Waals surface area contributed by atoms with E-state index in [0.717, 1.165) is 4.90 Å². The van der Waals surface area contributed by atoms with E-state index in [1.807, 2.05) is 0 Å². The third kappa shape index (κ3) is 4.77. The topological polar surface area (TPSA) is 66.5 Å². The number of anilines is 1. The van der Waals surface area contributed by atoms with E-state index >= 15 is 0 Å². The molecule has 0 radical (unpaired) electrons. The third-order valence-electron chi connectivity index (χ3n) is 4.06. The van der Waals surface area contributed by atoms with E-state index in [2.05, 4.69) is 21.2 Å². The molecular formula is C19H15BrF2N2O3S. The first kappa shape index (κ1) is 20.5. The number of fused-ring (bicyclic) bond motifs is 1. The second kappa shape index (κ2) is 8.83. The molecule has 0 atom stereocenters. The van der Waals surface area contributed by atoms with Crippen LogP contribution in [0.4, 0.5) is 14.5 Å². The standard InChI is InChI=1S/C19H15BrF2N2O3S/c20-11-6-7-14-15(9-11)18(27)24(17(14)26)8-2-5-16(25)23-12-3-1-4-13(10-12)28-19(21)22/h1,3-4,6-7,9-10,19H,2,5,8H2,(H,23,25). The first-order valence-corrected chi connectivity index (χ1v) is 10.0. The van der Waals surface area contributed by atoms with Gasteiger partial charge in [0, 0.05) is 28.0 Å². The predicted molar refractivity (Wildman–Crippen MR) is 106 cm³/mol. The van der Waals surface area contributed by atoms with Gasteiger partial charge in [-0.15, -0.1) is 0 Å². The Morgan fingerprint density at radius 1 is 1.11 bits per heavy atom. The fourth-order valence-electron chi connectivity index (χ4n) is 2.84. The Balaban J connectivity index is 1.52. The Morgan fingerprint density at radius 2 is 1.86 bits per heavy atom. The Morgan fingerprint density at radius 3 is 2.61 bits per heavy atom. The number of nitrogens with one attached hydrogen (secondary N) is 1. The lowest BCUT2D eigenvalue weighted by Gasteiger charge is -2.13. The average Bonchev–Trinajstić information content (AvgIpc) is 2.85.